The maximum atomic E-state index is 11.9. The monoisotopic (exact) mass is 315 g/mol. The van der Waals surface area contributed by atoms with Gasteiger partial charge in [-0.25, -0.2) is 12.3 Å². The number of nitrogens with one attached hydrogen (secondary N) is 1. The summed E-state index contributed by atoms with van der Waals surface area (Å²) >= 11 is 0. The number of hydrogen-bond acceptors (Lipinski definition) is 7. The van der Waals surface area contributed by atoms with Crippen molar-refractivity contribution in [1.82, 2.24) is 5.32 Å². The van der Waals surface area contributed by atoms with Crippen LogP contribution < -0.4 is 5.32 Å². The van der Waals surface area contributed by atoms with Crippen molar-refractivity contribution in [1.29, 1.82) is 0 Å². The fraction of sp³-hybridized carbons (Fsp3) is 1.00. The molecule has 0 aromatic heterocycles. The summed E-state index contributed by atoms with van der Waals surface area (Å²) in [7, 11) is -5.57. The summed E-state index contributed by atoms with van der Waals surface area (Å²) in [6.07, 6.45) is 0.452. The van der Waals surface area contributed by atoms with Crippen molar-refractivity contribution >= 4 is 19.2 Å². The van der Waals surface area contributed by atoms with E-state index in [2.05, 4.69) is 5.32 Å². The Hall–Kier alpha value is -0.0331. The van der Waals surface area contributed by atoms with Crippen LogP contribution in [0.3, 0.4) is 0 Å². The maximum Gasteiger partial charge on any atom is 0.694 e. The highest BCUT2D eigenvalue weighted by Gasteiger charge is 2.49. The van der Waals surface area contributed by atoms with E-state index in [4.69, 9.17) is 17.2 Å². The van der Waals surface area contributed by atoms with E-state index in [0.29, 0.717) is 13.0 Å². The summed E-state index contributed by atoms with van der Waals surface area (Å²) in [4.78, 5) is 0. The van der Waals surface area contributed by atoms with Gasteiger partial charge in [0, 0.05) is 19.8 Å². The fourth-order valence-corrected chi connectivity index (χ4v) is 5.31. The van der Waals surface area contributed by atoms with Crippen molar-refractivity contribution in [2.45, 2.75) is 27.2 Å². The second-order valence-corrected chi connectivity index (χ2v) is 7.66. The summed E-state index contributed by atoms with van der Waals surface area (Å²) in [6.45, 7) is 6.58. The normalized spacial score (nSPS) is 12.8. The van der Waals surface area contributed by atoms with Crippen LogP contribution in [0.1, 0.15) is 27.2 Å². The van der Waals surface area contributed by atoms with Crippen LogP contribution in [-0.4, -0.2) is 56.6 Å². The molecule has 0 saturated heterocycles. The molecule has 0 rings (SSSR count). The Morgan fingerprint density at radius 3 is 1.84 bits per heavy atom. The molecule has 0 aromatic carbocycles. The predicted octanol–water partition coefficient (Wildman–Crippen LogP) is 0.487. The van der Waals surface area contributed by atoms with Gasteiger partial charge in [0.05, 0.1) is 5.75 Å². The largest absolute Gasteiger partial charge is 0.694 e. The van der Waals surface area contributed by atoms with Gasteiger partial charge in [0.2, 0.25) is 0 Å². The maximum absolute atomic E-state index is 11.9. The minimum Gasteiger partial charge on any atom is -0.351 e. The highest BCUT2D eigenvalue weighted by molar-refractivity contribution is 7.87. The molecule has 0 aliphatic heterocycles. The van der Waals surface area contributed by atoms with Crippen molar-refractivity contribution in [3.8, 4) is 0 Å². The second kappa shape index (κ2) is 9.81. The topological polar surface area (TPSA) is 83.1 Å². The van der Waals surface area contributed by atoms with Crippen LogP contribution in [0.5, 0.6) is 0 Å². The fourth-order valence-electron chi connectivity index (χ4n) is 1.35. The van der Waals surface area contributed by atoms with E-state index in [1.54, 1.807) is 27.8 Å². The Labute approximate surface area is 117 Å². The first-order chi connectivity index (χ1) is 8.95. The second-order valence-electron chi connectivity index (χ2n) is 3.60. The van der Waals surface area contributed by atoms with Crippen molar-refractivity contribution in [2.24, 2.45) is 0 Å². The third-order valence-electron chi connectivity index (χ3n) is 2.01. The average molecular weight is 315 g/mol. The van der Waals surface area contributed by atoms with E-state index in [9.17, 15) is 8.42 Å². The van der Waals surface area contributed by atoms with Gasteiger partial charge in [-0.2, -0.15) is 0 Å². The van der Waals surface area contributed by atoms with Crippen molar-refractivity contribution in [2.75, 3.05) is 39.2 Å². The lowest BCUT2D eigenvalue weighted by Gasteiger charge is -2.26. The Balaban J connectivity index is 4.76. The highest BCUT2D eigenvalue weighted by Crippen LogP contribution is 2.16. The summed E-state index contributed by atoms with van der Waals surface area (Å²) < 4.78 is 44.9. The lowest BCUT2D eigenvalue weighted by Crippen LogP contribution is -2.51. The first-order valence-corrected chi connectivity index (χ1v) is 9.66. The molecule has 116 valence electrons. The third kappa shape index (κ3) is 7.97. The zero-order valence-electron chi connectivity index (χ0n) is 12.1. The molecule has 0 amide bonds. The quantitative estimate of drug-likeness (QED) is 0.414. The molecular formula is C10H25NO6SSi. The molecule has 0 aliphatic carbocycles. The molecule has 0 unspecified atom stereocenters. The van der Waals surface area contributed by atoms with Crippen LogP contribution >= 0.6 is 0 Å². The van der Waals surface area contributed by atoms with E-state index in [-0.39, 0.29) is 25.6 Å². The molecule has 9 heteroatoms. The number of hydrogen-bond donors (Lipinski definition) is 1. The average Bonchev–Trinajstić information content (AvgIpc) is 2.29. The molecule has 0 spiro atoms. The molecule has 0 saturated carbocycles. The molecule has 1 N–H and O–H groups in total. The molecule has 19 heavy (non-hydrogen) atoms. The lowest BCUT2D eigenvalue weighted by atomic mass is 10.5. The summed E-state index contributed by atoms with van der Waals surface area (Å²) in [5.41, 5.74) is 0. The zero-order chi connectivity index (χ0) is 14.8. The van der Waals surface area contributed by atoms with Crippen LogP contribution in [0.15, 0.2) is 0 Å². The van der Waals surface area contributed by atoms with Crippen LogP contribution in [0.2, 0.25) is 0 Å². The van der Waals surface area contributed by atoms with Gasteiger partial charge in [-0.15, -0.1) is 0 Å². The Morgan fingerprint density at radius 1 is 1.00 bits per heavy atom. The first-order valence-electron chi connectivity index (χ1n) is 6.45. The van der Waals surface area contributed by atoms with Gasteiger partial charge in [0.1, 0.15) is 0 Å². The molecule has 0 radical (unpaired) electrons. The summed E-state index contributed by atoms with van der Waals surface area (Å²) in [5, 5.41) is 2.88. The van der Waals surface area contributed by atoms with Crippen molar-refractivity contribution in [3.63, 3.8) is 0 Å². The molecule has 0 aliphatic rings. The smallest absolute Gasteiger partial charge is 0.351 e. The van der Waals surface area contributed by atoms with E-state index in [0.717, 1.165) is 0 Å². The van der Waals surface area contributed by atoms with Crippen LogP contribution in [0.4, 0.5) is 0 Å². The van der Waals surface area contributed by atoms with Gasteiger partial charge in [-0.1, -0.05) is 0 Å². The summed E-state index contributed by atoms with van der Waals surface area (Å²) in [5.74, 6) is -0.101. The van der Waals surface area contributed by atoms with Crippen LogP contribution in [0, 0.1) is 0 Å². The van der Waals surface area contributed by atoms with Crippen molar-refractivity contribution in [3.05, 3.63) is 0 Å². The minimum atomic E-state index is -3.73. The standard InChI is InChI=1S/C10H25NO6SSi/c1-5-14-19(15-6-2,16-7-3)17-18(12,13)10-8-9-11-4/h11H,5-10H2,1-4H3. The zero-order valence-corrected chi connectivity index (χ0v) is 13.9. The number of rotatable bonds is 12. The first kappa shape index (κ1) is 19.0. The van der Waals surface area contributed by atoms with Crippen molar-refractivity contribution < 1.29 is 25.6 Å². The van der Waals surface area contributed by atoms with Gasteiger partial charge in [0.25, 0.3) is 10.1 Å². The van der Waals surface area contributed by atoms with Crippen LogP contribution in [-0.2, 0) is 27.3 Å². The molecule has 0 fully saturated rings. The van der Waals surface area contributed by atoms with Gasteiger partial charge >= 0.3 is 9.05 Å². The molecule has 7 nitrogen and oxygen atoms in total. The Kier molecular flexibility index (Phi) is 9.79. The lowest BCUT2D eigenvalue weighted by molar-refractivity contribution is 0.0120. The Morgan fingerprint density at radius 2 is 1.47 bits per heavy atom. The molecule has 0 heterocycles. The van der Waals surface area contributed by atoms with Gasteiger partial charge < -0.3 is 18.6 Å². The van der Waals surface area contributed by atoms with Gasteiger partial charge in [-0.3, -0.25) is 0 Å². The molecular weight excluding hydrogens is 290 g/mol. The SMILES string of the molecule is CCO[Si](OCC)(OCC)OS(=O)(=O)CCCNC. The third-order valence-corrected chi connectivity index (χ3v) is 6.56. The molecule has 0 bridgehead atoms. The Bertz CT molecular complexity index is 307. The molecule has 0 aromatic rings. The van der Waals surface area contributed by atoms with Gasteiger partial charge in [0.15, 0.2) is 0 Å². The van der Waals surface area contributed by atoms with E-state index >= 15 is 0 Å². The van der Waals surface area contributed by atoms with Gasteiger partial charge in [-0.05, 0) is 40.8 Å². The van der Waals surface area contributed by atoms with E-state index < -0.39 is 19.2 Å². The summed E-state index contributed by atoms with van der Waals surface area (Å²) in [6, 6.07) is 0. The van der Waals surface area contributed by atoms with Crippen LogP contribution in [0.25, 0.3) is 0 Å². The van der Waals surface area contributed by atoms with E-state index in [1.807, 2.05) is 0 Å². The highest BCUT2D eigenvalue weighted by atomic mass is 32.2. The predicted molar refractivity (Wildman–Crippen MR) is 74.0 cm³/mol. The van der Waals surface area contributed by atoms with E-state index in [1.165, 1.54) is 0 Å². The molecule has 0 atom stereocenters. The minimum absolute atomic E-state index is 0.101.